The first-order chi connectivity index (χ1) is 12.2. The molecule has 0 radical (unpaired) electrons. The maximum atomic E-state index is 11.5. The zero-order valence-electron chi connectivity index (χ0n) is 15.2. The van der Waals surface area contributed by atoms with Gasteiger partial charge in [-0.05, 0) is 37.1 Å². The Balaban J connectivity index is 2.20. The van der Waals surface area contributed by atoms with Gasteiger partial charge in [-0.25, -0.2) is 4.98 Å². The summed E-state index contributed by atoms with van der Waals surface area (Å²) in [6.45, 7) is 4.00. The molecule has 3 aromatic rings. The van der Waals surface area contributed by atoms with Crippen molar-refractivity contribution in [2.45, 2.75) is 13.8 Å². The summed E-state index contributed by atoms with van der Waals surface area (Å²) >= 11 is 0. The molecule has 0 fully saturated rings. The molecular weight excluding hydrogens is 356 g/mol. The number of ether oxygens (including phenoxy) is 2. The molecule has 8 heteroatoms. The van der Waals surface area contributed by atoms with Gasteiger partial charge in [-0.3, -0.25) is 0 Å². The molecule has 3 rings (SSSR count). The Hall–Kier alpha value is -2.74. The standard InChI is InChI=1S/C18H20N2O5S/c1-10-6-7-11(2)16-15(10)19-18(20-16)12-8-13(23-3)17(14(9-12)24-4)25-26(5,21)22/h6-9H,1-5H3,(H,19,20). The molecule has 0 atom stereocenters. The van der Waals surface area contributed by atoms with E-state index in [-0.39, 0.29) is 17.2 Å². The lowest BCUT2D eigenvalue weighted by Gasteiger charge is -2.14. The second kappa shape index (κ2) is 6.53. The predicted octanol–water partition coefficient (Wildman–Crippen LogP) is 3.20. The molecule has 0 saturated carbocycles. The Kier molecular flexibility index (Phi) is 4.53. The van der Waals surface area contributed by atoms with Crippen LogP contribution < -0.4 is 13.7 Å². The first-order valence-corrected chi connectivity index (χ1v) is 9.67. The summed E-state index contributed by atoms with van der Waals surface area (Å²) in [5, 5.41) is 0. The molecule has 1 heterocycles. The monoisotopic (exact) mass is 376 g/mol. The van der Waals surface area contributed by atoms with Crippen molar-refractivity contribution in [1.82, 2.24) is 9.97 Å². The molecule has 7 nitrogen and oxygen atoms in total. The van der Waals surface area contributed by atoms with Crippen LogP contribution in [0.3, 0.4) is 0 Å². The smallest absolute Gasteiger partial charge is 0.306 e. The molecule has 0 bridgehead atoms. The van der Waals surface area contributed by atoms with E-state index in [2.05, 4.69) is 9.97 Å². The van der Waals surface area contributed by atoms with Crippen LogP contribution in [-0.2, 0) is 10.1 Å². The van der Waals surface area contributed by atoms with Crippen LogP contribution in [0, 0.1) is 13.8 Å². The lowest BCUT2D eigenvalue weighted by atomic mass is 10.1. The summed E-state index contributed by atoms with van der Waals surface area (Å²) in [5.41, 5.74) is 4.67. The number of imidazole rings is 1. The summed E-state index contributed by atoms with van der Waals surface area (Å²) in [6, 6.07) is 7.37. The average molecular weight is 376 g/mol. The third kappa shape index (κ3) is 3.32. The van der Waals surface area contributed by atoms with Gasteiger partial charge in [0.2, 0.25) is 5.75 Å². The van der Waals surface area contributed by atoms with Crippen LogP contribution in [0.2, 0.25) is 0 Å². The number of aryl methyl sites for hydroxylation is 2. The minimum absolute atomic E-state index is 0.00437. The van der Waals surface area contributed by atoms with Crippen LogP contribution in [0.25, 0.3) is 22.4 Å². The van der Waals surface area contributed by atoms with Crippen molar-refractivity contribution in [1.29, 1.82) is 0 Å². The Labute approximate surface area is 152 Å². The second-order valence-corrected chi connectivity index (χ2v) is 7.58. The fourth-order valence-electron chi connectivity index (χ4n) is 2.74. The number of hydrogen-bond acceptors (Lipinski definition) is 6. The van der Waals surface area contributed by atoms with E-state index in [4.69, 9.17) is 13.7 Å². The van der Waals surface area contributed by atoms with Crippen LogP contribution >= 0.6 is 0 Å². The third-order valence-electron chi connectivity index (χ3n) is 4.02. The normalized spacial score (nSPS) is 11.6. The molecule has 0 aliphatic heterocycles. The topological polar surface area (TPSA) is 90.5 Å². The van der Waals surface area contributed by atoms with E-state index in [1.54, 1.807) is 12.1 Å². The van der Waals surface area contributed by atoms with Crippen LogP contribution in [0.5, 0.6) is 17.2 Å². The van der Waals surface area contributed by atoms with E-state index in [0.29, 0.717) is 11.4 Å². The average Bonchev–Trinajstić information content (AvgIpc) is 3.03. The van der Waals surface area contributed by atoms with Gasteiger partial charge in [0.25, 0.3) is 0 Å². The Morgan fingerprint density at radius 3 is 2.08 bits per heavy atom. The minimum Gasteiger partial charge on any atom is -0.493 e. The van der Waals surface area contributed by atoms with Crippen molar-refractivity contribution >= 4 is 21.2 Å². The van der Waals surface area contributed by atoms with E-state index in [9.17, 15) is 8.42 Å². The van der Waals surface area contributed by atoms with Gasteiger partial charge in [0, 0.05) is 5.56 Å². The first kappa shape index (κ1) is 18.1. The van der Waals surface area contributed by atoms with Gasteiger partial charge in [0.15, 0.2) is 11.5 Å². The lowest BCUT2D eigenvalue weighted by Crippen LogP contribution is -2.08. The van der Waals surface area contributed by atoms with Crippen LogP contribution in [-0.4, -0.2) is 38.9 Å². The van der Waals surface area contributed by atoms with Gasteiger partial charge < -0.3 is 18.6 Å². The fourth-order valence-corrected chi connectivity index (χ4v) is 3.21. The maximum absolute atomic E-state index is 11.5. The van der Waals surface area contributed by atoms with Gasteiger partial charge in [-0.1, -0.05) is 12.1 Å². The van der Waals surface area contributed by atoms with E-state index in [0.717, 1.165) is 28.4 Å². The van der Waals surface area contributed by atoms with E-state index in [1.165, 1.54) is 14.2 Å². The highest BCUT2D eigenvalue weighted by Gasteiger charge is 2.20. The van der Waals surface area contributed by atoms with Gasteiger partial charge in [0.05, 0.1) is 31.5 Å². The zero-order valence-corrected chi connectivity index (χ0v) is 16.0. The third-order valence-corrected chi connectivity index (χ3v) is 4.49. The number of hydrogen-bond donors (Lipinski definition) is 1. The molecule has 1 N–H and O–H groups in total. The summed E-state index contributed by atoms with van der Waals surface area (Å²) < 4.78 is 38.7. The van der Waals surface area contributed by atoms with Gasteiger partial charge in [-0.2, -0.15) is 8.42 Å². The summed E-state index contributed by atoms with van der Waals surface area (Å²) in [7, 11) is -0.873. The van der Waals surface area contributed by atoms with Crippen molar-refractivity contribution in [3.8, 4) is 28.6 Å². The highest BCUT2D eigenvalue weighted by molar-refractivity contribution is 7.86. The van der Waals surface area contributed by atoms with Crippen LogP contribution in [0.1, 0.15) is 11.1 Å². The number of aromatic nitrogens is 2. The predicted molar refractivity (Wildman–Crippen MR) is 99.6 cm³/mol. The number of H-pyrrole nitrogens is 1. The quantitative estimate of drug-likeness (QED) is 0.688. The molecule has 0 saturated heterocycles. The Morgan fingerprint density at radius 2 is 1.58 bits per heavy atom. The highest BCUT2D eigenvalue weighted by atomic mass is 32.2. The van der Waals surface area contributed by atoms with Crippen LogP contribution in [0.4, 0.5) is 0 Å². The number of fused-ring (bicyclic) bond motifs is 1. The molecule has 0 amide bonds. The van der Waals surface area contributed by atoms with Gasteiger partial charge in [0.1, 0.15) is 5.82 Å². The first-order valence-electron chi connectivity index (χ1n) is 7.85. The molecule has 0 unspecified atom stereocenters. The number of nitrogens with one attached hydrogen (secondary N) is 1. The van der Waals surface area contributed by atoms with Crippen molar-refractivity contribution in [3.05, 3.63) is 35.4 Å². The number of aromatic amines is 1. The molecule has 2 aromatic carbocycles. The minimum atomic E-state index is -3.74. The van der Waals surface area contributed by atoms with Crippen molar-refractivity contribution in [3.63, 3.8) is 0 Å². The van der Waals surface area contributed by atoms with E-state index >= 15 is 0 Å². The lowest BCUT2D eigenvalue weighted by molar-refractivity contribution is 0.361. The van der Waals surface area contributed by atoms with Gasteiger partial charge >= 0.3 is 10.1 Å². The number of methoxy groups -OCH3 is 2. The number of rotatable bonds is 5. The molecule has 0 aliphatic carbocycles. The van der Waals surface area contributed by atoms with E-state index in [1.807, 2.05) is 26.0 Å². The SMILES string of the molecule is COc1cc(-c2nc3c(C)ccc(C)c3[nH]2)cc(OC)c1OS(C)(=O)=O. The zero-order chi connectivity index (χ0) is 19.1. The molecule has 26 heavy (non-hydrogen) atoms. The number of benzene rings is 2. The molecule has 138 valence electrons. The number of nitrogens with zero attached hydrogens (tertiary/aromatic N) is 1. The van der Waals surface area contributed by atoms with Crippen molar-refractivity contribution in [2.24, 2.45) is 0 Å². The largest absolute Gasteiger partial charge is 0.493 e. The molecular formula is C18H20N2O5S. The molecule has 0 spiro atoms. The van der Waals surface area contributed by atoms with Crippen molar-refractivity contribution in [2.75, 3.05) is 20.5 Å². The Bertz CT molecular complexity index is 1020. The van der Waals surface area contributed by atoms with Gasteiger partial charge in [-0.15, -0.1) is 0 Å². The second-order valence-electron chi connectivity index (χ2n) is 6.01. The maximum Gasteiger partial charge on any atom is 0.306 e. The summed E-state index contributed by atoms with van der Waals surface area (Å²) in [5.74, 6) is 1.10. The summed E-state index contributed by atoms with van der Waals surface area (Å²) in [6.07, 6.45) is 0.963. The fraction of sp³-hybridized carbons (Fsp3) is 0.278. The van der Waals surface area contributed by atoms with Crippen LogP contribution in [0.15, 0.2) is 24.3 Å². The molecule has 0 aliphatic rings. The van der Waals surface area contributed by atoms with E-state index < -0.39 is 10.1 Å². The summed E-state index contributed by atoms with van der Waals surface area (Å²) in [4.78, 5) is 7.98. The van der Waals surface area contributed by atoms with Crippen molar-refractivity contribution < 1.29 is 22.1 Å². The highest BCUT2D eigenvalue weighted by Crippen LogP contribution is 2.42. The Morgan fingerprint density at radius 1 is 1.00 bits per heavy atom. The molecule has 1 aromatic heterocycles.